The van der Waals surface area contributed by atoms with Crippen molar-refractivity contribution in [3.05, 3.63) is 65.7 Å². The summed E-state index contributed by atoms with van der Waals surface area (Å²) in [6, 6.07) is 14.9. The monoisotopic (exact) mass is 343 g/mol. The number of para-hydroxylation sites is 1. The van der Waals surface area contributed by atoms with Gasteiger partial charge in [0.05, 0.1) is 0 Å². The number of hydrogen-bond acceptors (Lipinski definition) is 5. The van der Waals surface area contributed by atoms with Crippen LogP contribution in [-0.4, -0.2) is 33.9 Å². The third kappa shape index (κ3) is 3.83. The number of aliphatic carboxylic acids is 1. The first-order valence-corrected chi connectivity index (χ1v) is 7.70. The fourth-order valence-electron chi connectivity index (χ4n) is 2.24. The van der Waals surface area contributed by atoms with E-state index in [9.17, 15) is 14.4 Å². The zero-order valence-electron chi connectivity index (χ0n) is 13.0. The Morgan fingerprint density at radius 1 is 1.00 bits per heavy atom. The smallest absolute Gasteiger partial charge is 0.322 e. The molecule has 5 nitrogen and oxygen atoms in total. The van der Waals surface area contributed by atoms with Crippen molar-refractivity contribution in [2.75, 3.05) is 11.9 Å². The summed E-state index contributed by atoms with van der Waals surface area (Å²) in [5.74, 6) is -1.95. The van der Waals surface area contributed by atoms with Crippen molar-refractivity contribution in [2.24, 2.45) is 0 Å². The molecule has 2 N–H and O–H groups in total. The quantitative estimate of drug-likeness (QED) is 0.409. The molecule has 0 spiro atoms. The molecule has 0 radical (unpaired) electrons. The Bertz CT molecular complexity index is 772. The Balaban J connectivity index is 2.33. The molecule has 1 unspecified atom stereocenters. The third-order valence-electron chi connectivity index (χ3n) is 3.52. The van der Waals surface area contributed by atoms with Crippen molar-refractivity contribution >= 4 is 35.9 Å². The molecule has 0 fully saturated rings. The summed E-state index contributed by atoms with van der Waals surface area (Å²) in [6.07, 6.45) is 0. The second-order valence-electron chi connectivity index (χ2n) is 5.39. The number of carbonyl (C=O) groups excluding carboxylic acids is 2. The highest BCUT2D eigenvalue weighted by atomic mass is 32.1. The minimum Gasteiger partial charge on any atom is -0.480 e. The third-order valence-corrected chi connectivity index (χ3v) is 3.93. The normalized spacial score (nSPS) is 12.9. The van der Waals surface area contributed by atoms with E-state index >= 15 is 0 Å². The van der Waals surface area contributed by atoms with Crippen LogP contribution in [0.2, 0.25) is 0 Å². The number of Topliss-reactive ketones (excluding diaryl/α,β-unsaturated/α-hetero) is 2. The highest BCUT2D eigenvalue weighted by Gasteiger charge is 2.39. The Morgan fingerprint density at radius 2 is 1.58 bits per heavy atom. The largest absolute Gasteiger partial charge is 0.480 e. The van der Waals surface area contributed by atoms with Crippen molar-refractivity contribution in [2.45, 2.75) is 11.7 Å². The molecule has 0 saturated heterocycles. The fourth-order valence-corrected chi connectivity index (χ4v) is 2.49. The van der Waals surface area contributed by atoms with Gasteiger partial charge < -0.3 is 10.4 Å². The minimum atomic E-state index is -1.57. The van der Waals surface area contributed by atoms with Crippen LogP contribution in [0.1, 0.15) is 27.6 Å². The topological polar surface area (TPSA) is 83.5 Å². The molecule has 24 heavy (non-hydrogen) atoms. The summed E-state index contributed by atoms with van der Waals surface area (Å²) in [7, 11) is 0. The number of anilines is 1. The van der Waals surface area contributed by atoms with E-state index in [1.165, 1.54) is 6.92 Å². The number of carboxylic acid groups (broad SMARTS) is 1. The molecule has 0 aliphatic carbocycles. The molecular formula is C18H17NO4S. The number of thiol groups is 1. The average Bonchev–Trinajstić information content (AvgIpc) is 2.59. The van der Waals surface area contributed by atoms with Crippen LogP contribution in [-0.2, 0) is 4.79 Å². The number of benzene rings is 2. The Hall–Kier alpha value is -2.60. The lowest BCUT2D eigenvalue weighted by Gasteiger charge is -2.22. The fraction of sp³-hybridized carbons (Fsp3) is 0.167. The van der Waals surface area contributed by atoms with Crippen molar-refractivity contribution in [3.63, 3.8) is 0 Å². The lowest BCUT2D eigenvalue weighted by Crippen LogP contribution is -2.38. The Labute approximate surface area is 145 Å². The van der Waals surface area contributed by atoms with Crippen molar-refractivity contribution in [1.29, 1.82) is 0 Å². The number of nitrogens with one attached hydrogen (secondary N) is 1. The summed E-state index contributed by atoms with van der Waals surface area (Å²) in [6.45, 7) is 1.11. The van der Waals surface area contributed by atoms with E-state index < -0.39 is 22.3 Å². The number of carbonyl (C=O) groups is 3. The molecule has 124 valence electrons. The molecule has 2 rings (SSSR count). The zero-order valence-corrected chi connectivity index (χ0v) is 13.9. The van der Waals surface area contributed by atoms with E-state index in [0.717, 1.165) is 0 Å². The van der Waals surface area contributed by atoms with Gasteiger partial charge in [0.2, 0.25) is 0 Å². The number of ketones is 2. The molecule has 0 aliphatic rings. The molecular weight excluding hydrogens is 326 g/mol. The van der Waals surface area contributed by atoms with Gasteiger partial charge in [-0.3, -0.25) is 14.4 Å². The minimum absolute atomic E-state index is 0.223. The molecule has 0 aliphatic heterocycles. The van der Waals surface area contributed by atoms with Gasteiger partial charge in [-0.25, -0.2) is 0 Å². The van der Waals surface area contributed by atoms with E-state index in [4.69, 9.17) is 5.11 Å². The number of rotatable bonds is 7. The maximum Gasteiger partial charge on any atom is 0.322 e. The van der Waals surface area contributed by atoms with Gasteiger partial charge in [0.1, 0.15) is 11.3 Å². The van der Waals surface area contributed by atoms with Gasteiger partial charge in [-0.15, -0.1) is 0 Å². The predicted molar refractivity (Wildman–Crippen MR) is 95.1 cm³/mol. The highest BCUT2D eigenvalue weighted by molar-refractivity contribution is 7.83. The lowest BCUT2D eigenvalue weighted by molar-refractivity contribution is -0.134. The molecule has 0 heterocycles. The maximum atomic E-state index is 12.9. The van der Waals surface area contributed by atoms with Gasteiger partial charge in [-0.05, 0) is 19.1 Å². The van der Waals surface area contributed by atoms with Gasteiger partial charge >= 0.3 is 5.97 Å². The van der Waals surface area contributed by atoms with Crippen LogP contribution in [0.15, 0.2) is 54.6 Å². The second kappa shape index (κ2) is 7.31. The van der Waals surface area contributed by atoms with Gasteiger partial charge in [-0.1, -0.05) is 42.5 Å². The van der Waals surface area contributed by atoms with Gasteiger partial charge in [0, 0.05) is 16.8 Å². The molecule has 0 saturated carbocycles. The van der Waals surface area contributed by atoms with Crippen LogP contribution in [0.5, 0.6) is 0 Å². The number of hydrogen-bond donors (Lipinski definition) is 3. The van der Waals surface area contributed by atoms with Crippen molar-refractivity contribution in [1.82, 2.24) is 0 Å². The maximum absolute atomic E-state index is 12.9. The predicted octanol–water partition coefficient (Wildman–Crippen LogP) is 2.94. The van der Waals surface area contributed by atoms with Crippen LogP contribution in [0.25, 0.3) is 0 Å². The van der Waals surface area contributed by atoms with Gasteiger partial charge in [0.15, 0.2) is 11.6 Å². The summed E-state index contributed by atoms with van der Waals surface area (Å²) in [5.41, 5.74) is 0.964. The zero-order chi connectivity index (χ0) is 17.7. The number of carboxylic acids is 1. The molecule has 0 amide bonds. The molecule has 0 bridgehead atoms. The summed E-state index contributed by atoms with van der Waals surface area (Å²) >= 11 is 4.31. The molecule has 0 aromatic heterocycles. The van der Waals surface area contributed by atoms with Crippen LogP contribution >= 0.6 is 12.6 Å². The SMILES string of the molecule is CC(S)(C(=O)c1ccccc1)C(=O)c1ccccc1NCC(=O)O. The van der Waals surface area contributed by atoms with E-state index in [0.29, 0.717) is 11.3 Å². The molecule has 1 atom stereocenters. The van der Waals surface area contributed by atoms with E-state index in [1.54, 1.807) is 54.6 Å². The standard InChI is InChI=1S/C18H17NO4S/c1-18(24,16(22)12-7-3-2-4-8-12)17(23)13-9-5-6-10-14(13)19-11-15(20)21/h2-10,19,24H,11H2,1H3,(H,20,21). The first-order chi connectivity index (χ1) is 11.3. The van der Waals surface area contributed by atoms with Crippen molar-refractivity contribution < 1.29 is 19.5 Å². The van der Waals surface area contributed by atoms with Crippen molar-refractivity contribution in [3.8, 4) is 0 Å². The van der Waals surface area contributed by atoms with Crippen LogP contribution < -0.4 is 5.32 Å². The van der Waals surface area contributed by atoms with Crippen LogP contribution in [0.4, 0.5) is 5.69 Å². The summed E-state index contributed by atoms with van der Waals surface area (Å²) in [5, 5.41) is 11.5. The molecule has 6 heteroatoms. The lowest BCUT2D eigenvalue weighted by atomic mass is 9.90. The van der Waals surface area contributed by atoms with Crippen LogP contribution in [0.3, 0.4) is 0 Å². The van der Waals surface area contributed by atoms with Gasteiger partial charge in [0.25, 0.3) is 0 Å². The second-order valence-corrected chi connectivity index (χ2v) is 6.28. The Morgan fingerprint density at radius 3 is 2.21 bits per heavy atom. The first-order valence-electron chi connectivity index (χ1n) is 7.25. The summed E-state index contributed by atoms with van der Waals surface area (Å²) < 4.78 is -1.57. The molecule has 2 aromatic carbocycles. The van der Waals surface area contributed by atoms with E-state index in [-0.39, 0.29) is 12.1 Å². The highest BCUT2D eigenvalue weighted by Crippen LogP contribution is 2.28. The Kier molecular flexibility index (Phi) is 5.41. The van der Waals surface area contributed by atoms with Crippen LogP contribution in [0, 0.1) is 0 Å². The average molecular weight is 343 g/mol. The molecule has 2 aromatic rings. The van der Waals surface area contributed by atoms with E-state index in [2.05, 4.69) is 17.9 Å². The van der Waals surface area contributed by atoms with Gasteiger partial charge in [-0.2, -0.15) is 12.6 Å². The summed E-state index contributed by atoms with van der Waals surface area (Å²) in [4.78, 5) is 36.2. The first kappa shape index (κ1) is 17.7. The van der Waals surface area contributed by atoms with E-state index in [1.807, 2.05) is 0 Å².